The average molecular weight is 322 g/mol. The Kier molecular flexibility index (Phi) is 4.35. The fraction of sp³-hybridized carbons (Fsp3) is 0.333. The largest absolute Gasteiger partial charge is 0.480 e. The molecule has 1 aromatic carbocycles. The lowest BCUT2D eigenvalue weighted by Crippen LogP contribution is -2.40. The highest BCUT2D eigenvalue weighted by Gasteiger charge is 2.26. The minimum atomic E-state index is -0.340. The summed E-state index contributed by atoms with van der Waals surface area (Å²) in [6.07, 6.45) is 0. The minimum Gasteiger partial charge on any atom is -0.480 e. The van der Waals surface area contributed by atoms with Gasteiger partial charge in [0.05, 0.1) is 20.3 Å². The van der Waals surface area contributed by atoms with E-state index in [4.69, 9.17) is 9.47 Å². The number of halogens is 1. The molecule has 1 aliphatic rings. The summed E-state index contributed by atoms with van der Waals surface area (Å²) in [5, 5.41) is 0.563. The number of morpholine rings is 1. The van der Waals surface area contributed by atoms with Crippen LogP contribution in [-0.2, 0) is 4.74 Å². The molecule has 1 saturated heterocycles. The molecule has 2 aromatic rings. The molecule has 7 heteroatoms. The second kappa shape index (κ2) is 6.41. The fourth-order valence-electron chi connectivity index (χ4n) is 2.23. The molecule has 116 valence electrons. The number of ether oxygens (including phenoxy) is 2. The molecule has 1 aliphatic heterocycles. The van der Waals surface area contributed by atoms with E-state index < -0.39 is 0 Å². The van der Waals surface area contributed by atoms with Gasteiger partial charge >= 0.3 is 0 Å². The first-order valence-electron chi connectivity index (χ1n) is 6.87. The van der Waals surface area contributed by atoms with Crippen LogP contribution in [-0.4, -0.2) is 49.2 Å². The molecule has 22 heavy (non-hydrogen) atoms. The van der Waals surface area contributed by atoms with Gasteiger partial charge in [0.25, 0.3) is 5.91 Å². The summed E-state index contributed by atoms with van der Waals surface area (Å²) in [5.74, 6) is -0.186. The zero-order valence-corrected chi connectivity index (χ0v) is 12.9. The number of hydrogen-bond acceptors (Lipinski definition) is 5. The Morgan fingerprint density at radius 3 is 2.86 bits per heavy atom. The minimum absolute atomic E-state index is 0.125. The number of amides is 1. The van der Waals surface area contributed by atoms with Crippen LogP contribution in [0.1, 0.15) is 9.67 Å². The molecule has 2 heterocycles. The Balaban J connectivity index is 1.92. The number of benzene rings is 1. The number of rotatable bonds is 3. The maximum Gasteiger partial charge on any atom is 0.269 e. The summed E-state index contributed by atoms with van der Waals surface area (Å²) in [6, 6.07) is 6.13. The van der Waals surface area contributed by atoms with Crippen LogP contribution in [0.4, 0.5) is 4.39 Å². The third-order valence-corrected chi connectivity index (χ3v) is 4.43. The van der Waals surface area contributed by atoms with Crippen molar-refractivity contribution in [2.75, 3.05) is 33.4 Å². The van der Waals surface area contributed by atoms with E-state index in [2.05, 4.69) is 4.98 Å². The van der Waals surface area contributed by atoms with Crippen LogP contribution in [0.25, 0.3) is 10.6 Å². The van der Waals surface area contributed by atoms with Gasteiger partial charge in [-0.05, 0) is 12.1 Å². The van der Waals surface area contributed by atoms with E-state index in [-0.39, 0.29) is 17.6 Å². The topological polar surface area (TPSA) is 51.7 Å². The molecule has 1 fully saturated rings. The van der Waals surface area contributed by atoms with E-state index in [0.717, 1.165) is 0 Å². The zero-order valence-electron chi connectivity index (χ0n) is 12.0. The van der Waals surface area contributed by atoms with Gasteiger partial charge in [0.15, 0.2) is 4.88 Å². The first-order valence-corrected chi connectivity index (χ1v) is 7.68. The van der Waals surface area contributed by atoms with Gasteiger partial charge in [-0.1, -0.05) is 12.1 Å². The first-order chi connectivity index (χ1) is 10.7. The summed E-state index contributed by atoms with van der Waals surface area (Å²) in [7, 11) is 1.47. The molecule has 1 aromatic heterocycles. The van der Waals surface area contributed by atoms with Crippen LogP contribution < -0.4 is 4.74 Å². The predicted molar refractivity (Wildman–Crippen MR) is 80.8 cm³/mol. The molecule has 5 nitrogen and oxygen atoms in total. The van der Waals surface area contributed by atoms with Crippen molar-refractivity contribution in [1.82, 2.24) is 9.88 Å². The van der Waals surface area contributed by atoms with Crippen molar-refractivity contribution in [1.29, 1.82) is 0 Å². The summed E-state index contributed by atoms with van der Waals surface area (Å²) in [5.41, 5.74) is 0.629. The van der Waals surface area contributed by atoms with Crippen LogP contribution in [0.3, 0.4) is 0 Å². The SMILES string of the molecule is COc1nc(-c2cccc(F)c2)sc1C(=O)N1CCOCC1. The Bertz CT molecular complexity index is 683. The van der Waals surface area contributed by atoms with E-state index in [1.165, 1.54) is 30.6 Å². The number of nitrogens with zero attached hydrogens (tertiary/aromatic N) is 2. The molecule has 0 saturated carbocycles. The van der Waals surface area contributed by atoms with Crippen LogP contribution in [0.5, 0.6) is 5.88 Å². The van der Waals surface area contributed by atoms with E-state index in [1.807, 2.05) is 0 Å². The van der Waals surface area contributed by atoms with Crippen molar-refractivity contribution in [3.63, 3.8) is 0 Å². The zero-order chi connectivity index (χ0) is 15.5. The quantitative estimate of drug-likeness (QED) is 0.871. The van der Waals surface area contributed by atoms with Gasteiger partial charge < -0.3 is 14.4 Å². The third kappa shape index (κ3) is 2.95. The lowest BCUT2D eigenvalue weighted by Gasteiger charge is -2.26. The maximum absolute atomic E-state index is 13.3. The van der Waals surface area contributed by atoms with Gasteiger partial charge in [0.2, 0.25) is 5.88 Å². The van der Waals surface area contributed by atoms with Crippen molar-refractivity contribution in [3.05, 3.63) is 35.0 Å². The highest BCUT2D eigenvalue weighted by molar-refractivity contribution is 7.17. The smallest absolute Gasteiger partial charge is 0.269 e. The Labute approximate surface area is 131 Å². The number of carbonyl (C=O) groups excluding carboxylic acids is 1. The van der Waals surface area contributed by atoms with Gasteiger partial charge in [-0.25, -0.2) is 9.37 Å². The Hall–Kier alpha value is -1.99. The number of thiazole rings is 1. The van der Waals surface area contributed by atoms with Crippen LogP contribution >= 0.6 is 11.3 Å². The second-order valence-electron chi connectivity index (χ2n) is 4.77. The van der Waals surface area contributed by atoms with E-state index in [0.29, 0.717) is 41.8 Å². The average Bonchev–Trinajstić information content (AvgIpc) is 2.99. The molecule has 3 rings (SSSR count). The van der Waals surface area contributed by atoms with Gasteiger partial charge in [-0.2, -0.15) is 0 Å². The van der Waals surface area contributed by atoms with E-state index in [1.54, 1.807) is 17.0 Å². The van der Waals surface area contributed by atoms with E-state index in [9.17, 15) is 9.18 Å². The number of methoxy groups -OCH3 is 1. The summed E-state index contributed by atoms with van der Waals surface area (Å²) in [6.45, 7) is 2.16. The van der Waals surface area contributed by atoms with Gasteiger partial charge in [0.1, 0.15) is 10.8 Å². The highest BCUT2D eigenvalue weighted by Crippen LogP contribution is 2.33. The van der Waals surface area contributed by atoms with Crippen LogP contribution in [0, 0.1) is 5.82 Å². The summed E-state index contributed by atoms with van der Waals surface area (Å²) in [4.78, 5) is 19.0. The fourth-order valence-corrected chi connectivity index (χ4v) is 3.23. The molecule has 0 N–H and O–H groups in total. The molecular formula is C15H15FN2O3S. The van der Waals surface area contributed by atoms with Crippen LogP contribution in [0.15, 0.2) is 24.3 Å². The lowest BCUT2D eigenvalue weighted by molar-refractivity contribution is 0.0304. The van der Waals surface area contributed by atoms with Gasteiger partial charge in [-0.15, -0.1) is 11.3 Å². The Morgan fingerprint density at radius 2 is 2.18 bits per heavy atom. The molecule has 0 radical (unpaired) electrons. The maximum atomic E-state index is 13.3. The number of aromatic nitrogens is 1. The normalized spacial score (nSPS) is 14.9. The molecule has 0 unspecified atom stereocenters. The standard InChI is InChI=1S/C15H15FN2O3S/c1-20-13-12(15(19)18-5-7-21-8-6-18)22-14(17-13)10-3-2-4-11(16)9-10/h2-4,9H,5-8H2,1H3. The molecule has 0 bridgehead atoms. The van der Waals surface area contributed by atoms with Crippen molar-refractivity contribution in [3.8, 4) is 16.5 Å². The Morgan fingerprint density at radius 1 is 1.41 bits per heavy atom. The monoisotopic (exact) mass is 322 g/mol. The summed E-state index contributed by atoms with van der Waals surface area (Å²) < 4.78 is 23.8. The second-order valence-corrected chi connectivity index (χ2v) is 5.77. The molecule has 0 aliphatic carbocycles. The van der Waals surface area contributed by atoms with Crippen molar-refractivity contribution in [2.45, 2.75) is 0 Å². The first kappa shape index (κ1) is 14.9. The molecule has 0 spiro atoms. The molecular weight excluding hydrogens is 307 g/mol. The van der Waals surface area contributed by atoms with Crippen molar-refractivity contribution < 1.29 is 18.7 Å². The van der Waals surface area contributed by atoms with Gasteiger partial charge in [-0.3, -0.25) is 4.79 Å². The summed E-state index contributed by atoms with van der Waals surface area (Å²) >= 11 is 1.21. The predicted octanol–water partition coefficient (Wildman–Crippen LogP) is 2.43. The lowest BCUT2D eigenvalue weighted by atomic mass is 10.2. The number of carbonyl (C=O) groups is 1. The third-order valence-electron chi connectivity index (χ3n) is 3.35. The van der Waals surface area contributed by atoms with Crippen molar-refractivity contribution >= 4 is 17.2 Å². The molecule has 1 amide bonds. The van der Waals surface area contributed by atoms with Gasteiger partial charge in [0, 0.05) is 18.7 Å². The molecule has 0 atom stereocenters. The van der Waals surface area contributed by atoms with E-state index >= 15 is 0 Å². The van der Waals surface area contributed by atoms with Crippen LogP contribution in [0.2, 0.25) is 0 Å². The highest BCUT2D eigenvalue weighted by atomic mass is 32.1. The number of hydrogen-bond donors (Lipinski definition) is 0. The van der Waals surface area contributed by atoms with Crippen molar-refractivity contribution in [2.24, 2.45) is 0 Å².